The molecule has 0 saturated carbocycles. The number of methoxy groups -OCH3 is 1. The van der Waals surface area contributed by atoms with Gasteiger partial charge in [-0.2, -0.15) is 0 Å². The first-order valence-corrected chi connectivity index (χ1v) is 22.6. The second-order valence-corrected chi connectivity index (χ2v) is 17.4. The maximum Gasteiger partial charge on any atom is 0.119 e. The molecule has 3 heterocycles. The van der Waals surface area contributed by atoms with Gasteiger partial charge in [0.25, 0.3) is 0 Å². The third kappa shape index (κ3) is 5.99. The van der Waals surface area contributed by atoms with Crippen molar-refractivity contribution < 1.29 is 4.74 Å². The molecule has 0 aliphatic rings. The third-order valence-electron chi connectivity index (χ3n) is 13.6. The molecule has 10 aromatic carbocycles. The van der Waals surface area contributed by atoms with Crippen LogP contribution in [0, 0.1) is 6.92 Å². The van der Waals surface area contributed by atoms with Gasteiger partial charge in [-0.3, -0.25) is 0 Å². The van der Waals surface area contributed by atoms with Crippen molar-refractivity contribution in [2.45, 2.75) is 6.92 Å². The molecular formula is C62H43N3O. The van der Waals surface area contributed by atoms with Crippen LogP contribution >= 0.6 is 0 Å². The number of hydrogen-bond acceptors (Lipinski definition) is 1. The van der Waals surface area contributed by atoms with E-state index in [-0.39, 0.29) is 0 Å². The predicted octanol–water partition coefficient (Wildman–Crippen LogP) is 16.3. The van der Waals surface area contributed by atoms with Crippen LogP contribution < -0.4 is 4.74 Å². The Labute approximate surface area is 382 Å². The van der Waals surface area contributed by atoms with E-state index in [9.17, 15) is 0 Å². The molecule has 0 unspecified atom stereocenters. The van der Waals surface area contributed by atoms with Crippen LogP contribution in [0.3, 0.4) is 0 Å². The number of fused-ring (bicyclic) bond motifs is 9. The van der Waals surface area contributed by atoms with Gasteiger partial charge in [0.15, 0.2) is 0 Å². The van der Waals surface area contributed by atoms with Crippen LogP contribution in [0.5, 0.6) is 5.75 Å². The number of hydrogen-bond donors (Lipinski definition) is 0. The van der Waals surface area contributed by atoms with Crippen molar-refractivity contribution >= 4 is 65.4 Å². The lowest BCUT2D eigenvalue weighted by Crippen LogP contribution is -1.94. The maximum atomic E-state index is 5.75. The van der Waals surface area contributed by atoms with Crippen molar-refractivity contribution in [3.63, 3.8) is 0 Å². The average Bonchev–Trinajstić information content (AvgIpc) is 4.01. The van der Waals surface area contributed by atoms with E-state index in [4.69, 9.17) is 4.74 Å². The highest BCUT2D eigenvalue weighted by atomic mass is 16.5. The van der Waals surface area contributed by atoms with Crippen LogP contribution in [0.2, 0.25) is 0 Å². The third-order valence-corrected chi connectivity index (χ3v) is 13.6. The zero-order chi connectivity index (χ0) is 43.9. The van der Waals surface area contributed by atoms with Gasteiger partial charge in [0.05, 0.1) is 40.2 Å². The summed E-state index contributed by atoms with van der Waals surface area (Å²) in [5.74, 6) is 0.846. The number of ether oxygens (including phenoxy) is 1. The summed E-state index contributed by atoms with van der Waals surface area (Å²) in [4.78, 5) is 0. The zero-order valence-corrected chi connectivity index (χ0v) is 36.6. The van der Waals surface area contributed by atoms with E-state index in [0.717, 1.165) is 39.2 Å². The second kappa shape index (κ2) is 15.0. The van der Waals surface area contributed by atoms with Gasteiger partial charge < -0.3 is 18.4 Å². The molecule has 0 atom stereocenters. The van der Waals surface area contributed by atoms with Gasteiger partial charge in [-0.05, 0) is 156 Å². The van der Waals surface area contributed by atoms with Gasteiger partial charge in [0.2, 0.25) is 0 Å². The molecule has 4 heteroatoms. The van der Waals surface area contributed by atoms with Crippen molar-refractivity contribution in [1.82, 2.24) is 13.7 Å². The SMILES string of the molecule is COc1ccc2c(c1)c1cc(-c3ccc4c(c3)c3cc(-c5ccc6c(c5)c5cc(-c7ccccc7)ccc5n6-c5ccccc5)ccc3n4-c3ccc(C)cc3)ccc1n2-c1ccccc1. The van der Waals surface area contributed by atoms with E-state index in [0.29, 0.717) is 0 Å². The Balaban J connectivity index is 1.01. The molecule has 0 saturated heterocycles. The lowest BCUT2D eigenvalue weighted by atomic mass is 9.98. The minimum atomic E-state index is 0.846. The van der Waals surface area contributed by atoms with Crippen LogP contribution in [0.15, 0.2) is 224 Å². The molecule has 0 bridgehead atoms. The lowest BCUT2D eigenvalue weighted by molar-refractivity contribution is 0.415. The minimum absolute atomic E-state index is 0.846. The fraction of sp³-hybridized carbons (Fsp3) is 0.0323. The summed E-state index contributed by atoms with van der Waals surface area (Å²) >= 11 is 0. The molecule has 0 radical (unpaired) electrons. The number of nitrogens with zero attached hydrogens (tertiary/aromatic N) is 3. The Morgan fingerprint density at radius 1 is 0.273 bits per heavy atom. The first-order valence-electron chi connectivity index (χ1n) is 22.6. The van der Waals surface area contributed by atoms with Gasteiger partial charge in [-0.1, -0.05) is 115 Å². The summed E-state index contributed by atoms with van der Waals surface area (Å²) in [6.45, 7) is 2.15. The summed E-state index contributed by atoms with van der Waals surface area (Å²) < 4.78 is 12.9. The van der Waals surface area contributed by atoms with E-state index >= 15 is 0 Å². The number of rotatable bonds is 7. The molecule has 66 heavy (non-hydrogen) atoms. The van der Waals surface area contributed by atoms with Crippen molar-refractivity contribution in [2.24, 2.45) is 0 Å². The van der Waals surface area contributed by atoms with E-state index < -0.39 is 0 Å². The van der Waals surface area contributed by atoms with Gasteiger partial charge >= 0.3 is 0 Å². The number of aromatic nitrogens is 3. The maximum absolute atomic E-state index is 5.75. The number of aryl methyl sites for hydroxylation is 1. The molecule has 4 nitrogen and oxygen atoms in total. The van der Waals surface area contributed by atoms with Gasteiger partial charge in [-0.25, -0.2) is 0 Å². The standard InChI is InChI=1S/C62H43N3O/c1-40-18-25-49(26-19-40)65-59-30-22-44(43-21-29-58-52(35-43)51-34-42(41-12-6-3-7-13-41)20-28-57(51)63(58)47-14-8-4-9-15-47)36-53(59)54-37-45(23-31-60(54)65)46-24-32-61-55(38-46)56-39-50(66-2)27-33-62(56)64(61)48-16-10-5-11-17-48/h3-39H,1-2H3. The van der Waals surface area contributed by atoms with Crippen molar-refractivity contribution in [2.75, 3.05) is 7.11 Å². The molecule has 312 valence electrons. The Bertz CT molecular complexity index is 4010. The van der Waals surface area contributed by atoms with Gasteiger partial charge in [-0.15, -0.1) is 0 Å². The highest BCUT2D eigenvalue weighted by molar-refractivity contribution is 6.15. The topological polar surface area (TPSA) is 24.0 Å². The highest BCUT2D eigenvalue weighted by Crippen LogP contribution is 2.42. The molecule has 13 aromatic rings. The fourth-order valence-corrected chi connectivity index (χ4v) is 10.4. The van der Waals surface area contributed by atoms with Crippen molar-refractivity contribution in [3.8, 4) is 56.2 Å². The second-order valence-electron chi connectivity index (χ2n) is 17.4. The van der Waals surface area contributed by atoms with E-state index in [2.05, 4.69) is 245 Å². The van der Waals surface area contributed by atoms with Crippen LogP contribution in [0.1, 0.15) is 5.56 Å². The van der Waals surface area contributed by atoms with E-state index in [1.54, 1.807) is 7.11 Å². The van der Waals surface area contributed by atoms with Crippen LogP contribution in [-0.2, 0) is 0 Å². The Morgan fingerprint density at radius 3 is 0.939 bits per heavy atom. The average molecular weight is 846 g/mol. The molecule has 0 amide bonds. The molecule has 0 aliphatic heterocycles. The Kier molecular flexibility index (Phi) is 8.62. The number of para-hydroxylation sites is 2. The lowest BCUT2D eigenvalue weighted by Gasteiger charge is -2.10. The molecular weight excluding hydrogens is 803 g/mol. The summed E-state index contributed by atoms with van der Waals surface area (Å²) in [5.41, 5.74) is 18.9. The largest absolute Gasteiger partial charge is 0.497 e. The van der Waals surface area contributed by atoms with Crippen molar-refractivity contribution in [1.29, 1.82) is 0 Å². The van der Waals surface area contributed by atoms with Crippen LogP contribution in [0.25, 0.3) is 116 Å². The summed E-state index contributed by atoms with van der Waals surface area (Å²) in [6.07, 6.45) is 0. The van der Waals surface area contributed by atoms with E-state index in [1.807, 2.05) is 0 Å². The normalized spacial score (nSPS) is 11.8. The van der Waals surface area contributed by atoms with Gasteiger partial charge in [0, 0.05) is 49.4 Å². The summed E-state index contributed by atoms with van der Waals surface area (Å²) in [7, 11) is 1.74. The smallest absolute Gasteiger partial charge is 0.119 e. The van der Waals surface area contributed by atoms with Crippen molar-refractivity contribution in [3.05, 3.63) is 230 Å². The Hall–Kier alpha value is -8.60. The van der Waals surface area contributed by atoms with E-state index in [1.165, 1.54) is 87.9 Å². The zero-order valence-electron chi connectivity index (χ0n) is 36.6. The van der Waals surface area contributed by atoms with Gasteiger partial charge in [0.1, 0.15) is 5.75 Å². The monoisotopic (exact) mass is 845 g/mol. The van der Waals surface area contributed by atoms with Crippen LogP contribution in [-0.4, -0.2) is 20.8 Å². The minimum Gasteiger partial charge on any atom is -0.497 e. The summed E-state index contributed by atoms with van der Waals surface area (Å²) in [5, 5.41) is 7.25. The first kappa shape index (κ1) is 37.9. The quantitative estimate of drug-likeness (QED) is 0.157. The molecule has 0 fully saturated rings. The molecule has 0 spiro atoms. The van der Waals surface area contributed by atoms with Crippen LogP contribution in [0.4, 0.5) is 0 Å². The highest BCUT2D eigenvalue weighted by Gasteiger charge is 2.19. The number of benzene rings is 10. The summed E-state index contributed by atoms with van der Waals surface area (Å²) in [6, 6.07) is 82.1. The molecule has 0 N–H and O–H groups in total. The first-order chi connectivity index (χ1) is 32.6. The molecule has 0 aliphatic carbocycles. The Morgan fingerprint density at radius 2 is 0.576 bits per heavy atom. The predicted molar refractivity (Wildman–Crippen MR) is 277 cm³/mol. The molecule has 3 aromatic heterocycles. The molecule has 13 rings (SSSR count). The fourth-order valence-electron chi connectivity index (χ4n) is 10.4.